The van der Waals surface area contributed by atoms with E-state index in [1.807, 2.05) is 24.3 Å². The number of benzene rings is 1. The highest BCUT2D eigenvalue weighted by Crippen LogP contribution is 2.12. The van der Waals surface area contributed by atoms with Crippen LogP contribution in [0.15, 0.2) is 54.1 Å². The number of unbranched alkanes of at least 4 members (excludes halogenated alkanes) is 3. The number of aryl methyl sites for hydroxylation is 1. The molecule has 0 aliphatic rings. The highest BCUT2D eigenvalue weighted by atomic mass is 16.4. The normalized spacial score (nSPS) is 12.0. The smallest absolute Gasteiger partial charge is 0.328 e. The van der Waals surface area contributed by atoms with Crippen LogP contribution in [0.25, 0.3) is 0 Å². The van der Waals surface area contributed by atoms with E-state index in [-0.39, 0.29) is 0 Å². The lowest BCUT2D eigenvalue weighted by Crippen LogP contribution is -1.91. The molecule has 0 saturated carbocycles. The largest absolute Gasteiger partial charge is 0.478 e. The molecular formula is C19H26O2. The van der Waals surface area contributed by atoms with Gasteiger partial charge in [0.2, 0.25) is 0 Å². The van der Waals surface area contributed by atoms with E-state index in [2.05, 4.69) is 25.1 Å². The van der Waals surface area contributed by atoms with Crippen molar-refractivity contribution in [2.75, 3.05) is 0 Å². The molecule has 0 aliphatic carbocycles. The summed E-state index contributed by atoms with van der Waals surface area (Å²) in [6.45, 7) is 2.18. The second-order valence-electron chi connectivity index (χ2n) is 5.29. The monoisotopic (exact) mass is 286 g/mol. The first kappa shape index (κ1) is 17.2. The van der Waals surface area contributed by atoms with Crippen LogP contribution in [0.3, 0.4) is 0 Å². The van der Waals surface area contributed by atoms with Crippen LogP contribution in [0.4, 0.5) is 0 Å². The number of allylic oxidation sites excluding steroid dienone is 3. The number of rotatable bonds is 10. The SMILES string of the molecule is CCCCCCC(/C=C/CCc1ccccc1)=C\C(=O)O. The topological polar surface area (TPSA) is 37.3 Å². The Kier molecular flexibility index (Phi) is 8.94. The number of carboxylic acids is 1. The van der Waals surface area contributed by atoms with Gasteiger partial charge in [-0.1, -0.05) is 68.7 Å². The van der Waals surface area contributed by atoms with Crippen molar-refractivity contribution in [3.63, 3.8) is 0 Å². The van der Waals surface area contributed by atoms with Gasteiger partial charge in [-0.15, -0.1) is 0 Å². The molecule has 0 amide bonds. The van der Waals surface area contributed by atoms with Gasteiger partial charge in [-0.2, -0.15) is 0 Å². The van der Waals surface area contributed by atoms with Crippen LogP contribution in [-0.2, 0) is 11.2 Å². The Labute approximate surface area is 128 Å². The first-order valence-electron chi connectivity index (χ1n) is 7.86. The van der Waals surface area contributed by atoms with Crippen molar-refractivity contribution in [1.82, 2.24) is 0 Å². The summed E-state index contributed by atoms with van der Waals surface area (Å²) >= 11 is 0. The molecule has 0 aromatic heterocycles. The molecule has 1 aromatic carbocycles. The standard InChI is InChI=1S/C19H26O2/c1-2-3-4-6-14-18(16-19(20)21)15-10-9-13-17-11-7-5-8-12-17/h5,7-8,10-12,15-16H,2-4,6,9,13-14H2,1H3,(H,20,21)/b15-10+,18-16+. The Morgan fingerprint density at radius 2 is 1.90 bits per heavy atom. The molecule has 2 heteroatoms. The van der Waals surface area contributed by atoms with Crippen molar-refractivity contribution in [1.29, 1.82) is 0 Å². The average Bonchev–Trinajstić information content (AvgIpc) is 2.48. The maximum atomic E-state index is 10.8. The van der Waals surface area contributed by atoms with Gasteiger partial charge in [-0.05, 0) is 36.8 Å². The first-order valence-corrected chi connectivity index (χ1v) is 7.86. The molecule has 0 radical (unpaired) electrons. The Bertz CT molecular complexity index is 458. The minimum atomic E-state index is -0.854. The number of aliphatic carboxylic acids is 1. The summed E-state index contributed by atoms with van der Waals surface area (Å²) in [5.41, 5.74) is 2.24. The van der Waals surface area contributed by atoms with Crippen molar-refractivity contribution in [2.24, 2.45) is 0 Å². The zero-order valence-electron chi connectivity index (χ0n) is 12.9. The molecule has 0 bridgehead atoms. The fourth-order valence-corrected chi connectivity index (χ4v) is 2.25. The number of carbonyl (C=O) groups is 1. The molecule has 1 aromatic rings. The first-order chi connectivity index (χ1) is 10.2. The quantitative estimate of drug-likeness (QED) is 0.366. The molecule has 1 rings (SSSR count). The molecule has 0 aliphatic heterocycles. The zero-order valence-corrected chi connectivity index (χ0v) is 12.9. The molecule has 0 heterocycles. The minimum Gasteiger partial charge on any atom is -0.478 e. The molecule has 1 N–H and O–H groups in total. The van der Waals surface area contributed by atoms with Gasteiger partial charge in [0.15, 0.2) is 0 Å². The summed E-state index contributed by atoms with van der Waals surface area (Å²) in [5.74, 6) is -0.854. The van der Waals surface area contributed by atoms with Gasteiger partial charge in [0.25, 0.3) is 0 Å². The summed E-state index contributed by atoms with van der Waals surface area (Å²) in [5, 5.41) is 8.91. The highest BCUT2D eigenvalue weighted by molar-refractivity contribution is 5.81. The van der Waals surface area contributed by atoms with Crippen molar-refractivity contribution in [3.8, 4) is 0 Å². The second-order valence-corrected chi connectivity index (χ2v) is 5.29. The van der Waals surface area contributed by atoms with E-state index in [0.717, 1.165) is 31.3 Å². The van der Waals surface area contributed by atoms with E-state index in [0.29, 0.717) is 0 Å². The van der Waals surface area contributed by atoms with Crippen LogP contribution < -0.4 is 0 Å². The lowest BCUT2D eigenvalue weighted by atomic mass is 10.0. The van der Waals surface area contributed by atoms with Crippen molar-refractivity contribution >= 4 is 5.97 Å². The zero-order chi connectivity index (χ0) is 15.3. The number of hydrogen-bond acceptors (Lipinski definition) is 1. The van der Waals surface area contributed by atoms with E-state index in [1.165, 1.54) is 30.9 Å². The second kappa shape index (κ2) is 10.9. The fraction of sp³-hybridized carbons (Fsp3) is 0.421. The van der Waals surface area contributed by atoms with Crippen molar-refractivity contribution < 1.29 is 9.90 Å². The summed E-state index contributed by atoms with van der Waals surface area (Å²) in [6.07, 6.45) is 12.8. The van der Waals surface area contributed by atoms with Gasteiger partial charge in [0.05, 0.1) is 0 Å². The molecular weight excluding hydrogens is 260 g/mol. The van der Waals surface area contributed by atoms with Crippen LogP contribution in [0, 0.1) is 0 Å². The predicted molar refractivity (Wildman–Crippen MR) is 88.4 cm³/mol. The Morgan fingerprint density at radius 3 is 2.57 bits per heavy atom. The van der Waals surface area contributed by atoms with Crippen LogP contribution in [0.2, 0.25) is 0 Å². The molecule has 0 unspecified atom stereocenters. The third-order valence-electron chi connectivity index (χ3n) is 3.40. The van der Waals surface area contributed by atoms with Crippen LogP contribution >= 0.6 is 0 Å². The molecule has 0 saturated heterocycles. The molecule has 21 heavy (non-hydrogen) atoms. The van der Waals surface area contributed by atoms with Crippen molar-refractivity contribution in [2.45, 2.75) is 51.9 Å². The third kappa shape index (κ3) is 8.85. The number of carboxylic acid groups (broad SMARTS) is 1. The van der Waals surface area contributed by atoms with E-state index < -0.39 is 5.97 Å². The van der Waals surface area contributed by atoms with E-state index >= 15 is 0 Å². The van der Waals surface area contributed by atoms with Gasteiger partial charge in [0, 0.05) is 6.08 Å². The fourth-order valence-electron chi connectivity index (χ4n) is 2.25. The Morgan fingerprint density at radius 1 is 1.14 bits per heavy atom. The Hall–Kier alpha value is -1.83. The van der Waals surface area contributed by atoms with Gasteiger partial charge in [-0.25, -0.2) is 4.79 Å². The molecule has 0 atom stereocenters. The molecule has 2 nitrogen and oxygen atoms in total. The van der Waals surface area contributed by atoms with Gasteiger partial charge < -0.3 is 5.11 Å². The van der Waals surface area contributed by atoms with E-state index in [1.54, 1.807) is 0 Å². The molecule has 114 valence electrons. The third-order valence-corrected chi connectivity index (χ3v) is 3.40. The van der Waals surface area contributed by atoms with Crippen LogP contribution in [0.1, 0.15) is 51.0 Å². The maximum absolute atomic E-state index is 10.8. The lowest BCUT2D eigenvalue weighted by Gasteiger charge is -2.02. The molecule has 0 fully saturated rings. The predicted octanol–water partition coefficient (Wildman–Crippen LogP) is 5.16. The van der Waals surface area contributed by atoms with Crippen molar-refractivity contribution in [3.05, 3.63) is 59.7 Å². The summed E-state index contributed by atoms with van der Waals surface area (Å²) in [6, 6.07) is 10.3. The summed E-state index contributed by atoms with van der Waals surface area (Å²) in [7, 11) is 0. The highest BCUT2D eigenvalue weighted by Gasteiger charge is 1.98. The lowest BCUT2D eigenvalue weighted by molar-refractivity contribution is -0.131. The average molecular weight is 286 g/mol. The summed E-state index contributed by atoms with van der Waals surface area (Å²) in [4.78, 5) is 10.8. The maximum Gasteiger partial charge on any atom is 0.328 e. The number of hydrogen-bond donors (Lipinski definition) is 1. The van der Waals surface area contributed by atoms with Gasteiger partial charge in [0.1, 0.15) is 0 Å². The van der Waals surface area contributed by atoms with Gasteiger partial charge in [-0.3, -0.25) is 0 Å². The van der Waals surface area contributed by atoms with Gasteiger partial charge >= 0.3 is 5.97 Å². The minimum absolute atomic E-state index is 0.854. The van der Waals surface area contributed by atoms with Crippen LogP contribution in [-0.4, -0.2) is 11.1 Å². The Balaban J connectivity index is 2.40. The summed E-state index contributed by atoms with van der Waals surface area (Å²) < 4.78 is 0. The molecule has 0 spiro atoms. The van der Waals surface area contributed by atoms with E-state index in [4.69, 9.17) is 5.11 Å². The van der Waals surface area contributed by atoms with E-state index in [9.17, 15) is 4.79 Å². The van der Waals surface area contributed by atoms with Crippen LogP contribution in [0.5, 0.6) is 0 Å².